The van der Waals surface area contributed by atoms with Crippen LogP contribution in [0.3, 0.4) is 0 Å². The van der Waals surface area contributed by atoms with Crippen LogP contribution < -0.4 is 15.5 Å². The molecule has 0 saturated heterocycles. The number of rotatable bonds is 3. The molecular weight excluding hydrogens is 314 g/mol. The monoisotopic (exact) mass is 331 g/mol. The average molecular weight is 331 g/mol. The SMILES string of the molecule is CCN1C(=O)c2cccc3c(NC(=O)Nc4ccccc4)ccc1c23. The number of urea groups is 1. The van der Waals surface area contributed by atoms with Gasteiger partial charge in [-0.2, -0.15) is 0 Å². The molecule has 5 nitrogen and oxygen atoms in total. The second-order valence-electron chi connectivity index (χ2n) is 5.85. The standard InChI is InChI=1S/C20H17N3O2/c1-2-23-17-12-11-16(14-9-6-10-15(18(14)17)19(23)24)22-20(25)21-13-7-4-3-5-8-13/h3-12H,2H2,1H3,(H2,21,22,25). The van der Waals surface area contributed by atoms with Gasteiger partial charge in [0, 0.05) is 28.6 Å². The Balaban J connectivity index is 1.69. The van der Waals surface area contributed by atoms with Gasteiger partial charge in [-0.3, -0.25) is 4.79 Å². The second-order valence-corrected chi connectivity index (χ2v) is 5.85. The van der Waals surface area contributed by atoms with Gasteiger partial charge in [0.2, 0.25) is 0 Å². The topological polar surface area (TPSA) is 61.4 Å². The van der Waals surface area contributed by atoms with E-state index in [1.807, 2.05) is 67.6 Å². The number of anilines is 3. The van der Waals surface area contributed by atoms with E-state index >= 15 is 0 Å². The molecule has 5 heteroatoms. The minimum Gasteiger partial charge on any atom is -0.308 e. The molecule has 1 heterocycles. The molecule has 3 aromatic rings. The first kappa shape index (κ1) is 15.2. The maximum atomic E-state index is 12.5. The lowest BCUT2D eigenvalue weighted by atomic mass is 10.0. The molecule has 0 unspecified atom stereocenters. The van der Waals surface area contributed by atoms with Gasteiger partial charge in [-0.05, 0) is 37.3 Å². The van der Waals surface area contributed by atoms with Gasteiger partial charge in [0.25, 0.3) is 5.91 Å². The molecule has 1 aliphatic rings. The second kappa shape index (κ2) is 5.94. The van der Waals surface area contributed by atoms with Crippen LogP contribution in [0.2, 0.25) is 0 Å². The Hall–Kier alpha value is -3.34. The van der Waals surface area contributed by atoms with Gasteiger partial charge in [-0.15, -0.1) is 0 Å². The molecule has 0 radical (unpaired) electrons. The first-order valence-corrected chi connectivity index (χ1v) is 8.19. The van der Waals surface area contributed by atoms with E-state index in [9.17, 15) is 9.59 Å². The van der Waals surface area contributed by atoms with E-state index in [-0.39, 0.29) is 11.9 Å². The maximum Gasteiger partial charge on any atom is 0.323 e. The fourth-order valence-electron chi connectivity index (χ4n) is 3.28. The van der Waals surface area contributed by atoms with Crippen LogP contribution in [0, 0.1) is 0 Å². The number of carbonyl (C=O) groups excluding carboxylic acids is 2. The molecule has 0 spiro atoms. The third-order valence-electron chi connectivity index (χ3n) is 4.38. The molecule has 3 aromatic carbocycles. The zero-order chi connectivity index (χ0) is 17.4. The van der Waals surface area contributed by atoms with Crippen LogP contribution in [0.25, 0.3) is 10.8 Å². The Morgan fingerprint density at radius 3 is 2.52 bits per heavy atom. The number of nitrogens with one attached hydrogen (secondary N) is 2. The van der Waals surface area contributed by atoms with Crippen molar-refractivity contribution in [3.63, 3.8) is 0 Å². The van der Waals surface area contributed by atoms with Crippen LogP contribution in [0.15, 0.2) is 60.7 Å². The quantitative estimate of drug-likeness (QED) is 0.744. The van der Waals surface area contributed by atoms with E-state index in [4.69, 9.17) is 0 Å². The van der Waals surface area contributed by atoms with Crippen LogP contribution >= 0.6 is 0 Å². The van der Waals surface area contributed by atoms with Crippen molar-refractivity contribution in [1.29, 1.82) is 0 Å². The summed E-state index contributed by atoms with van der Waals surface area (Å²) in [6.45, 7) is 2.57. The molecular formula is C20H17N3O2. The summed E-state index contributed by atoms with van der Waals surface area (Å²) in [6.07, 6.45) is 0. The average Bonchev–Trinajstić information content (AvgIpc) is 2.91. The van der Waals surface area contributed by atoms with Crippen molar-refractivity contribution in [1.82, 2.24) is 0 Å². The fourth-order valence-corrected chi connectivity index (χ4v) is 3.28. The summed E-state index contributed by atoms with van der Waals surface area (Å²) in [4.78, 5) is 26.6. The number of hydrogen-bond acceptors (Lipinski definition) is 2. The van der Waals surface area contributed by atoms with E-state index in [1.54, 1.807) is 4.90 Å². The number of para-hydroxylation sites is 1. The predicted octanol–water partition coefficient (Wildman–Crippen LogP) is 4.46. The van der Waals surface area contributed by atoms with Gasteiger partial charge in [-0.1, -0.05) is 30.3 Å². The maximum absolute atomic E-state index is 12.5. The van der Waals surface area contributed by atoms with E-state index in [1.165, 1.54) is 0 Å². The molecule has 0 fully saturated rings. The summed E-state index contributed by atoms with van der Waals surface area (Å²) in [5, 5.41) is 7.44. The van der Waals surface area contributed by atoms with Gasteiger partial charge < -0.3 is 15.5 Å². The smallest absolute Gasteiger partial charge is 0.308 e. The summed E-state index contributed by atoms with van der Waals surface area (Å²) in [5.74, 6) is 0.00832. The van der Waals surface area contributed by atoms with E-state index in [2.05, 4.69) is 10.6 Å². The first-order chi connectivity index (χ1) is 12.2. The van der Waals surface area contributed by atoms with Crippen LogP contribution in [-0.2, 0) is 0 Å². The van der Waals surface area contributed by atoms with Crippen molar-refractivity contribution < 1.29 is 9.59 Å². The normalized spacial score (nSPS) is 12.5. The van der Waals surface area contributed by atoms with Crippen molar-refractivity contribution >= 4 is 39.8 Å². The zero-order valence-electron chi connectivity index (χ0n) is 13.7. The van der Waals surface area contributed by atoms with Crippen LogP contribution in [0.4, 0.5) is 21.9 Å². The van der Waals surface area contributed by atoms with Crippen molar-refractivity contribution in [3.8, 4) is 0 Å². The van der Waals surface area contributed by atoms with Crippen molar-refractivity contribution in [3.05, 3.63) is 66.2 Å². The third-order valence-corrected chi connectivity index (χ3v) is 4.38. The molecule has 0 aliphatic carbocycles. The number of amides is 3. The lowest BCUT2D eigenvalue weighted by Crippen LogP contribution is -2.25. The highest BCUT2D eigenvalue weighted by atomic mass is 16.2. The number of benzene rings is 3. The Kier molecular flexibility index (Phi) is 3.61. The van der Waals surface area contributed by atoms with E-state index in [0.717, 1.165) is 22.1 Å². The van der Waals surface area contributed by atoms with Crippen molar-refractivity contribution in [2.75, 3.05) is 22.1 Å². The summed E-state index contributed by atoms with van der Waals surface area (Å²) in [7, 11) is 0. The Morgan fingerprint density at radius 1 is 0.960 bits per heavy atom. The summed E-state index contributed by atoms with van der Waals surface area (Å²) in [6, 6.07) is 18.3. The molecule has 0 saturated carbocycles. The van der Waals surface area contributed by atoms with E-state index in [0.29, 0.717) is 17.8 Å². The molecule has 3 amide bonds. The molecule has 0 aromatic heterocycles. The molecule has 25 heavy (non-hydrogen) atoms. The molecule has 1 aliphatic heterocycles. The zero-order valence-corrected chi connectivity index (χ0v) is 13.7. The summed E-state index contributed by atoms with van der Waals surface area (Å²) in [5.41, 5.74) is 2.98. The van der Waals surface area contributed by atoms with Crippen LogP contribution in [-0.4, -0.2) is 18.5 Å². The molecule has 2 N–H and O–H groups in total. The highest BCUT2D eigenvalue weighted by Gasteiger charge is 2.29. The van der Waals surface area contributed by atoms with Gasteiger partial charge in [0.1, 0.15) is 0 Å². The largest absolute Gasteiger partial charge is 0.323 e. The Labute approximate surface area is 145 Å². The fraction of sp³-hybridized carbons (Fsp3) is 0.100. The van der Waals surface area contributed by atoms with Crippen LogP contribution in [0.1, 0.15) is 17.3 Å². The Morgan fingerprint density at radius 2 is 1.76 bits per heavy atom. The van der Waals surface area contributed by atoms with Crippen molar-refractivity contribution in [2.45, 2.75) is 6.92 Å². The number of carbonyl (C=O) groups is 2. The minimum absolute atomic E-state index is 0.00832. The highest BCUT2D eigenvalue weighted by molar-refractivity contribution is 6.27. The molecule has 0 bridgehead atoms. The Bertz CT molecular complexity index is 983. The van der Waals surface area contributed by atoms with Crippen LogP contribution in [0.5, 0.6) is 0 Å². The third kappa shape index (κ3) is 2.50. The number of hydrogen-bond donors (Lipinski definition) is 2. The lowest BCUT2D eigenvalue weighted by Gasteiger charge is -2.15. The first-order valence-electron chi connectivity index (χ1n) is 8.19. The van der Waals surface area contributed by atoms with Gasteiger partial charge >= 0.3 is 6.03 Å². The van der Waals surface area contributed by atoms with Gasteiger partial charge in [0.05, 0.1) is 11.4 Å². The summed E-state index contributed by atoms with van der Waals surface area (Å²) >= 11 is 0. The summed E-state index contributed by atoms with van der Waals surface area (Å²) < 4.78 is 0. The highest BCUT2D eigenvalue weighted by Crippen LogP contribution is 2.40. The van der Waals surface area contributed by atoms with Crippen molar-refractivity contribution in [2.24, 2.45) is 0 Å². The minimum atomic E-state index is -0.316. The lowest BCUT2D eigenvalue weighted by molar-refractivity contribution is 0.0994. The molecule has 4 rings (SSSR count). The molecule has 0 atom stereocenters. The van der Waals surface area contributed by atoms with E-state index < -0.39 is 0 Å². The number of nitrogens with zero attached hydrogens (tertiary/aromatic N) is 1. The predicted molar refractivity (Wildman–Crippen MR) is 100 cm³/mol. The van der Waals surface area contributed by atoms with Gasteiger partial charge in [-0.25, -0.2) is 4.79 Å². The molecule has 124 valence electrons. The van der Waals surface area contributed by atoms with Gasteiger partial charge in [0.15, 0.2) is 0 Å².